The fourth-order valence-corrected chi connectivity index (χ4v) is 3.66. The summed E-state index contributed by atoms with van der Waals surface area (Å²) in [6, 6.07) is 8.02. The molecule has 0 bridgehead atoms. The molecule has 170 valence electrons. The summed E-state index contributed by atoms with van der Waals surface area (Å²) in [6.07, 6.45) is 25.9. The molecule has 0 saturated carbocycles. The van der Waals surface area contributed by atoms with Crippen molar-refractivity contribution in [1.29, 1.82) is 0 Å². The zero-order chi connectivity index (χ0) is 22.0. The van der Waals surface area contributed by atoms with Crippen molar-refractivity contribution in [1.82, 2.24) is 9.97 Å². The van der Waals surface area contributed by atoms with E-state index in [2.05, 4.69) is 29.9 Å². The van der Waals surface area contributed by atoms with Gasteiger partial charge in [0.1, 0.15) is 5.75 Å². The van der Waals surface area contributed by atoms with Crippen LogP contribution in [-0.4, -0.2) is 9.97 Å². The second kappa shape index (κ2) is 16.5. The summed E-state index contributed by atoms with van der Waals surface area (Å²) in [4.78, 5) is 9.13. The molecule has 3 heteroatoms. The fraction of sp³-hybridized carbons (Fsp3) is 0.571. The molecule has 0 aliphatic carbocycles. The van der Waals surface area contributed by atoms with Gasteiger partial charge < -0.3 is 4.74 Å². The van der Waals surface area contributed by atoms with Gasteiger partial charge in [0.05, 0.1) is 6.26 Å². The average molecular weight is 423 g/mol. The van der Waals surface area contributed by atoms with Crippen molar-refractivity contribution in [3.8, 4) is 17.1 Å². The Morgan fingerprint density at radius 2 is 1.29 bits per heavy atom. The number of aryl methyl sites for hydroxylation is 1. The lowest BCUT2D eigenvalue weighted by molar-refractivity contribution is 0.477. The summed E-state index contributed by atoms with van der Waals surface area (Å²) in [5.41, 5.74) is 2.25. The molecule has 0 spiro atoms. The van der Waals surface area contributed by atoms with E-state index in [4.69, 9.17) is 4.74 Å². The molecular weight excluding hydrogens is 380 g/mol. The third kappa shape index (κ3) is 11.1. The van der Waals surface area contributed by atoms with Crippen LogP contribution in [0.3, 0.4) is 0 Å². The molecule has 1 aromatic heterocycles. The molecule has 0 radical (unpaired) electrons. The van der Waals surface area contributed by atoms with E-state index in [0.717, 1.165) is 30.0 Å². The first-order valence-electron chi connectivity index (χ1n) is 12.6. The van der Waals surface area contributed by atoms with Crippen molar-refractivity contribution < 1.29 is 4.74 Å². The van der Waals surface area contributed by atoms with Gasteiger partial charge in [0.25, 0.3) is 0 Å². The van der Waals surface area contributed by atoms with Crippen LogP contribution in [0.2, 0.25) is 0 Å². The Hall–Kier alpha value is -2.16. The van der Waals surface area contributed by atoms with Crippen molar-refractivity contribution in [3.05, 3.63) is 54.6 Å². The SMILES string of the molecule is CCCCCCCC/C=C/Oc1ccc(-c2ncc(CCCCCCCC)cn2)cc1. The summed E-state index contributed by atoms with van der Waals surface area (Å²) < 4.78 is 5.72. The van der Waals surface area contributed by atoms with Crippen molar-refractivity contribution in [2.24, 2.45) is 0 Å². The Kier molecular flexibility index (Phi) is 13.4. The van der Waals surface area contributed by atoms with Crippen LogP contribution < -0.4 is 4.74 Å². The van der Waals surface area contributed by atoms with E-state index in [0.29, 0.717) is 0 Å². The number of ether oxygens (including phenoxy) is 1. The number of unbranched alkanes of at least 4 members (excludes halogenated alkanes) is 11. The van der Waals surface area contributed by atoms with Gasteiger partial charge in [-0.05, 0) is 61.6 Å². The predicted octanol–water partition coefficient (Wildman–Crippen LogP) is 8.69. The van der Waals surface area contributed by atoms with Crippen LogP contribution in [0.1, 0.15) is 103 Å². The van der Waals surface area contributed by atoms with Gasteiger partial charge in [-0.3, -0.25) is 0 Å². The molecule has 2 rings (SSSR count). The molecule has 3 nitrogen and oxygen atoms in total. The number of hydrogen-bond acceptors (Lipinski definition) is 3. The minimum atomic E-state index is 0.775. The van der Waals surface area contributed by atoms with Gasteiger partial charge in [0.15, 0.2) is 5.82 Å². The van der Waals surface area contributed by atoms with E-state index < -0.39 is 0 Å². The second-order valence-corrected chi connectivity index (χ2v) is 8.50. The molecule has 1 aromatic carbocycles. The number of hydrogen-bond donors (Lipinski definition) is 0. The number of aromatic nitrogens is 2. The molecule has 0 saturated heterocycles. The highest BCUT2D eigenvalue weighted by atomic mass is 16.5. The van der Waals surface area contributed by atoms with Gasteiger partial charge in [0, 0.05) is 18.0 Å². The Labute approximate surface area is 190 Å². The van der Waals surface area contributed by atoms with Crippen LogP contribution in [0, 0.1) is 0 Å². The zero-order valence-electron chi connectivity index (χ0n) is 19.8. The minimum absolute atomic E-state index is 0.775. The molecule has 0 fully saturated rings. The molecule has 0 aliphatic heterocycles. The van der Waals surface area contributed by atoms with Crippen LogP contribution >= 0.6 is 0 Å². The topological polar surface area (TPSA) is 35.0 Å². The maximum atomic E-state index is 5.72. The molecule has 1 heterocycles. The Morgan fingerprint density at radius 3 is 1.94 bits per heavy atom. The fourth-order valence-electron chi connectivity index (χ4n) is 3.66. The largest absolute Gasteiger partial charge is 0.465 e. The van der Waals surface area contributed by atoms with Gasteiger partial charge in [-0.25, -0.2) is 9.97 Å². The van der Waals surface area contributed by atoms with Crippen molar-refractivity contribution in [2.45, 2.75) is 104 Å². The number of rotatable bonds is 17. The molecular formula is C28H42N2O. The second-order valence-electron chi connectivity index (χ2n) is 8.50. The average Bonchev–Trinajstić information content (AvgIpc) is 2.81. The number of benzene rings is 1. The molecule has 2 aromatic rings. The Balaban J connectivity index is 1.67. The number of nitrogens with zero attached hydrogens (tertiary/aromatic N) is 2. The van der Waals surface area contributed by atoms with Gasteiger partial charge in [-0.1, -0.05) is 78.1 Å². The third-order valence-corrected chi connectivity index (χ3v) is 5.66. The van der Waals surface area contributed by atoms with E-state index in [1.165, 1.54) is 82.6 Å². The minimum Gasteiger partial charge on any atom is -0.465 e. The summed E-state index contributed by atoms with van der Waals surface area (Å²) >= 11 is 0. The maximum Gasteiger partial charge on any atom is 0.159 e. The van der Waals surface area contributed by atoms with Gasteiger partial charge in [-0.2, -0.15) is 0 Å². The third-order valence-electron chi connectivity index (χ3n) is 5.66. The normalized spacial score (nSPS) is 11.3. The highest BCUT2D eigenvalue weighted by Crippen LogP contribution is 2.20. The lowest BCUT2D eigenvalue weighted by atomic mass is 10.1. The van der Waals surface area contributed by atoms with E-state index in [-0.39, 0.29) is 0 Å². The molecule has 0 aliphatic rings. The van der Waals surface area contributed by atoms with Crippen LogP contribution in [0.25, 0.3) is 11.4 Å². The van der Waals surface area contributed by atoms with Crippen molar-refractivity contribution in [2.75, 3.05) is 0 Å². The molecule has 0 unspecified atom stereocenters. The first kappa shape index (κ1) is 25.1. The highest BCUT2D eigenvalue weighted by Gasteiger charge is 2.03. The van der Waals surface area contributed by atoms with E-state index in [1.54, 1.807) is 0 Å². The van der Waals surface area contributed by atoms with E-state index in [9.17, 15) is 0 Å². The highest BCUT2D eigenvalue weighted by molar-refractivity contribution is 5.55. The summed E-state index contributed by atoms with van der Waals surface area (Å²) in [5, 5.41) is 0. The predicted molar refractivity (Wildman–Crippen MR) is 132 cm³/mol. The van der Waals surface area contributed by atoms with Crippen LogP contribution in [-0.2, 0) is 6.42 Å². The lowest BCUT2D eigenvalue weighted by Gasteiger charge is -2.05. The first-order chi connectivity index (χ1) is 15.3. The zero-order valence-corrected chi connectivity index (χ0v) is 19.8. The number of allylic oxidation sites excluding steroid dienone is 1. The molecule has 0 amide bonds. The van der Waals surface area contributed by atoms with Crippen LogP contribution in [0.5, 0.6) is 5.75 Å². The van der Waals surface area contributed by atoms with Crippen molar-refractivity contribution in [3.63, 3.8) is 0 Å². The molecule has 31 heavy (non-hydrogen) atoms. The monoisotopic (exact) mass is 422 g/mol. The molecule has 0 atom stereocenters. The Bertz CT molecular complexity index is 707. The van der Waals surface area contributed by atoms with Crippen molar-refractivity contribution >= 4 is 0 Å². The van der Waals surface area contributed by atoms with Gasteiger partial charge >= 0.3 is 0 Å². The van der Waals surface area contributed by atoms with E-state index >= 15 is 0 Å². The maximum absolute atomic E-state index is 5.72. The van der Waals surface area contributed by atoms with Crippen LogP contribution in [0.4, 0.5) is 0 Å². The quantitative estimate of drug-likeness (QED) is 0.189. The molecule has 0 N–H and O–H groups in total. The summed E-state index contributed by atoms with van der Waals surface area (Å²) in [7, 11) is 0. The lowest BCUT2D eigenvalue weighted by Crippen LogP contribution is -1.93. The first-order valence-corrected chi connectivity index (χ1v) is 12.6. The van der Waals surface area contributed by atoms with Gasteiger partial charge in [-0.15, -0.1) is 0 Å². The standard InChI is InChI=1S/C28H42N2O/c1-3-5-7-9-11-12-14-16-22-31-27-20-18-26(19-21-27)28-29-23-25(24-30-28)17-15-13-10-8-6-4-2/h16,18-24H,3-15,17H2,1-2H3/b22-16+. The van der Waals surface area contributed by atoms with E-state index in [1.807, 2.05) is 42.9 Å². The summed E-state index contributed by atoms with van der Waals surface area (Å²) in [5.74, 6) is 1.62. The summed E-state index contributed by atoms with van der Waals surface area (Å²) in [6.45, 7) is 4.52. The Morgan fingerprint density at radius 1 is 0.710 bits per heavy atom. The van der Waals surface area contributed by atoms with Gasteiger partial charge in [0.2, 0.25) is 0 Å². The smallest absolute Gasteiger partial charge is 0.159 e. The van der Waals surface area contributed by atoms with Crippen LogP contribution in [0.15, 0.2) is 49.0 Å².